The largest absolute Gasteiger partial charge is 0.433 e. The van der Waals surface area contributed by atoms with Gasteiger partial charge in [-0.05, 0) is 48.9 Å². The molecule has 1 aliphatic rings. The summed E-state index contributed by atoms with van der Waals surface area (Å²) >= 11 is 6.13. The molecule has 0 atom stereocenters. The van der Waals surface area contributed by atoms with Crippen molar-refractivity contribution in [1.29, 1.82) is 0 Å². The fraction of sp³-hybridized carbons (Fsp3) is 0.280. The molecule has 2 N–H and O–H groups in total. The molecule has 182 valence electrons. The molecular weight excluding hydrogens is 482 g/mol. The molecule has 0 spiro atoms. The number of halogens is 5. The number of alkyl halides is 3. The molecule has 0 bridgehead atoms. The van der Waals surface area contributed by atoms with E-state index in [9.17, 15) is 17.6 Å². The van der Waals surface area contributed by atoms with Crippen LogP contribution in [0, 0.1) is 12.7 Å². The van der Waals surface area contributed by atoms with Gasteiger partial charge < -0.3 is 10.3 Å². The summed E-state index contributed by atoms with van der Waals surface area (Å²) in [5, 5.41) is 4.14. The molecule has 35 heavy (non-hydrogen) atoms. The van der Waals surface area contributed by atoms with E-state index in [0.29, 0.717) is 42.3 Å². The minimum Gasteiger partial charge on any atom is -0.383 e. The van der Waals surface area contributed by atoms with Crippen molar-refractivity contribution in [1.82, 2.24) is 19.9 Å². The van der Waals surface area contributed by atoms with Crippen LogP contribution >= 0.6 is 11.6 Å². The lowest BCUT2D eigenvalue weighted by Crippen LogP contribution is -2.62. The van der Waals surface area contributed by atoms with Crippen molar-refractivity contribution in [3.8, 4) is 0 Å². The van der Waals surface area contributed by atoms with Crippen LogP contribution in [-0.4, -0.2) is 39.5 Å². The SMILES string of the molecule is Cc1ncc(CN2CC(CNc3cc(C(F)(F)F)nc4ccc(Cl)cc34)(c3ccc(F)cc3)C2)[nH]1. The number of anilines is 1. The van der Waals surface area contributed by atoms with Crippen LogP contribution in [0.1, 0.15) is 22.8 Å². The quantitative estimate of drug-likeness (QED) is 0.320. The number of nitrogens with zero attached hydrogens (tertiary/aromatic N) is 3. The lowest BCUT2D eigenvalue weighted by molar-refractivity contribution is -0.140. The van der Waals surface area contributed by atoms with Gasteiger partial charge in [-0.1, -0.05) is 23.7 Å². The molecule has 1 fully saturated rings. The number of likely N-dealkylation sites (tertiary alicyclic amines) is 1. The maximum Gasteiger partial charge on any atom is 0.433 e. The van der Waals surface area contributed by atoms with E-state index in [0.717, 1.165) is 23.1 Å². The molecule has 0 aliphatic carbocycles. The molecular formula is C25H22ClF4N5. The maximum absolute atomic E-state index is 13.6. The lowest BCUT2D eigenvalue weighted by atomic mass is 9.73. The van der Waals surface area contributed by atoms with Crippen LogP contribution < -0.4 is 5.32 Å². The fourth-order valence-electron chi connectivity index (χ4n) is 4.67. The van der Waals surface area contributed by atoms with Gasteiger partial charge in [-0.2, -0.15) is 13.2 Å². The molecule has 0 radical (unpaired) electrons. The third-order valence-electron chi connectivity index (χ3n) is 6.34. The Bertz CT molecular complexity index is 1360. The van der Waals surface area contributed by atoms with Crippen molar-refractivity contribution in [2.24, 2.45) is 0 Å². The highest BCUT2D eigenvalue weighted by atomic mass is 35.5. The Labute approximate surface area is 204 Å². The number of hydrogen-bond donors (Lipinski definition) is 2. The van der Waals surface area contributed by atoms with E-state index in [1.807, 2.05) is 6.92 Å². The summed E-state index contributed by atoms with van der Waals surface area (Å²) in [5.41, 5.74) is 0.996. The Hall–Kier alpha value is -3.17. The Kier molecular flexibility index (Phi) is 5.93. The predicted molar refractivity (Wildman–Crippen MR) is 127 cm³/mol. The van der Waals surface area contributed by atoms with Crippen LogP contribution in [0.15, 0.2) is 54.7 Å². The number of rotatable bonds is 6. The second-order valence-electron chi connectivity index (χ2n) is 8.99. The highest BCUT2D eigenvalue weighted by Crippen LogP contribution is 2.38. The van der Waals surface area contributed by atoms with Crippen molar-refractivity contribution in [3.05, 3.63) is 88.3 Å². The van der Waals surface area contributed by atoms with Crippen LogP contribution in [0.2, 0.25) is 5.02 Å². The van der Waals surface area contributed by atoms with Crippen LogP contribution in [0.5, 0.6) is 0 Å². The molecule has 1 aliphatic heterocycles. The Balaban J connectivity index is 1.45. The van der Waals surface area contributed by atoms with Crippen LogP contribution in [0.4, 0.5) is 23.2 Å². The number of benzene rings is 2. The summed E-state index contributed by atoms with van der Waals surface area (Å²) in [6.07, 6.45) is -2.80. The number of nitrogens with one attached hydrogen (secondary N) is 2. The first-order valence-electron chi connectivity index (χ1n) is 11.0. The second-order valence-corrected chi connectivity index (χ2v) is 9.43. The van der Waals surface area contributed by atoms with Gasteiger partial charge in [0.1, 0.15) is 17.3 Å². The Morgan fingerprint density at radius 3 is 2.51 bits per heavy atom. The molecule has 0 unspecified atom stereocenters. The van der Waals surface area contributed by atoms with Crippen LogP contribution in [0.3, 0.4) is 0 Å². The number of H-pyrrole nitrogens is 1. The molecule has 0 saturated carbocycles. The summed E-state index contributed by atoms with van der Waals surface area (Å²) in [6, 6.07) is 11.9. The molecule has 2 aromatic carbocycles. The van der Waals surface area contributed by atoms with E-state index in [1.54, 1.807) is 24.4 Å². The normalized spacial score (nSPS) is 15.8. The molecule has 0 amide bonds. The minimum atomic E-state index is -4.59. The van der Waals surface area contributed by atoms with E-state index < -0.39 is 17.3 Å². The van der Waals surface area contributed by atoms with Gasteiger partial charge >= 0.3 is 6.18 Å². The summed E-state index contributed by atoms with van der Waals surface area (Å²) in [7, 11) is 0. The van der Waals surface area contributed by atoms with Crippen molar-refractivity contribution in [3.63, 3.8) is 0 Å². The number of aromatic amines is 1. The number of hydrogen-bond acceptors (Lipinski definition) is 4. The van der Waals surface area contributed by atoms with Crippen molar-refractivity contribution in [2.45, 2.75) is 25.1 Å². The second kappa shape index (κ2) is 8.80. The lowest BCUT2D eigenvalue weighted by Gasteiger charge is -2.51. The molecule has 4 aromatic rings. The van der Waals surface area contributed by atoms with Crippen molar-refractivity contribution < 1.29 is 17.6 Å². The molecule has 5 nitrogen and oxygen atoms in total. The van der Waals surface area contributed by atoms with Gasteiger partial charge in [0.05, 0.1) is 5.52 Å². The third-order valence-corrected chi connectivity index (χ3v) is 6.57. The fourth-order valence-corrected chi connectivity index (χ4v) is 4.84. The first-order valence-corrected chi connectivity index (χ1v) is 11.4. The average Bonchev–Trinajstić information content (AvgIpc) is 3.19. The highest BCUT2D eigenvalue weighted by molar-refractivity contribution is 6.31. The van der Waals surface area contributed by atoms with Crippen molar-refractivity contribution in [2.75, 3.05) is 25.0 Å². The van der Waals surface area contributed by atoms with Gasteiger partial charge in [0.15, 0.2) is 0 Å². The summed E-state index contributed by atoms with van der Waals surface area (Å²) in [4.78, 5) is 13.4. The van der Waals surface area contributed by atoms with E-state index >= 15 is 0 Å². The number of pyridine rings is 1. The van der Waals surface area contributed by atoms with E-state index in [1.165, 1.54) is 24.3 Å². The molecule has 2 aromatic heterocycles. The zero-order chi connectivity index (χ0) is 24.8. The first-order chi connectivity index (χ1) is 16.6. The number of aromatic nitrogens is 3. The molecule has 10 heteroatoms. The summed E-state index contributed by atoms with van der Waals surface area (Å²) < 4.78 is 54.2. The van der Waals surface area contributed by atoms with Crippen molar-refractivity contribution >= 4 is 28.2 Å². The summed E-state index contributed by atoms with van der Waals surface area (Å²) in [5.74, 6) is 0.487. The minimum absolute atomic E-state index is 0.201. The van der Waals surface area contributed by atoms with Gasteiger partial charge in [-0.3, -0.25) is 4.90 Å². The van der Waals surface area contributed by atoms with Gasteiger partial charge in [0.2, 0.25) is 0 Å². The smallest absolute Gasteiger partial charge is 0.383 e. The third kappa shape index (κ3) is 4.83. The maximum atomic E-state index is 13.6. The summed E-state index contributed by atoms with van der Waals surface area (Å²) in [6.45, 7) is 4.17. The number of imidazole rings is 1. The van der Waals surface area contributed by atoms with Crippen LogP contribution in [-0.2, 0) is 18.1 Å². The van der Waals surface area contributed by atoms with E-state index in [4.69, 9.17) is 11.6 Å². The average molecular weight is 504 g/mol. The monoisotopic (exact) mass is 503 g/mol. The van der Waals surface area contributed by atoms with E-state index in [-0.39, 0.29) is 11.3 Å². The number of aryl methyl sites for hydroxylation is 1. The first kappa shape index (κ1) is 23.6. The Morgan fingerprint density at radius 1 is 1.11 bits per heavy atom. The van der Waals surface area contributed by atoms with Gasteiger partial charge in [-0.25, -0.2) is 14.4 Å². The molecule has 3 heterocycles. The zero-order valence-electron chi connectivity index (χ0n) is 18.8. The molecule has 1 saturated heterocycles. The predicted octanol–water partition coefficient (Wildman–Crippen LogP) is 5.94. The van der Waals surface area contributed by atoms with Gasteiger partial charge in [-0.15, -0.1) is 0 Å². The zero-order valence-corrected chi connectivity index (χ0v) is 19.5. The molecule has 5 rings (SSSR count). The van der Waals surface area contributed by atoms with Gasteiger partial charge in [0, 0.05) is 59.6 Å². The van der Waals surface area contributed by atoms with Crippen LogP contribution in [0.25, 0.3) is 10.9 Å². The van der Waals surface area contributed by atoms with E-state index in [2.05, 4.69) is 25.2 Å². The highest BCUT2D eigenvalue weighted by Gasteiger charge is 2.44. The number of fused-ring (bicyclic) bond motifs is 1. The standard InChI is InChI=1S/C25H22ClF4N5/c1-15-31-10-19(33-15)11-35-13-24(14-35,16-2-5-18(27)6-3-16)12-32-22-9-23(25(28,29)30)34-21-7-4-17(26)8-20(21)22/h2-10H,11-14H2,1H3,(H,31,33)(H,32,34). The topological polar surface area (TPSA) is 56.8 Å². The van der Waals surface area contributed by atoms with Gasteiger partial charge in [0.25, 0.3) is 0 Å². The Morgan fingerprint density at radius 2 is 1.86 bits per heavy atom.